The van der Waals surface area contributed by atoms with E-state index < -0.39 is 6.61 Å². The molecule has 0 radical (unpaired) electrons. The molecule has 0 aliphatic carbocycles. The highest BCUT2D eigenvalue weighted by atomic mass is 16.3. The van der Waals surface area contributed by atoms with Crippen molar-refractivity contribution in [1.29, 1.82) is 0 Å². The molecule has 3 aromatic rings. The SMILES string of the molecule is CC(=O)c1c(C2CC3CCC(C2)N3C(=O)CO)nc2c(-c3cnn(CCO)c3)cnn2c1N. The Morgan fingerprint density at radius 3 is 2.52 bits per heavy atom. The summed E-state index contributed by atoms with van der Waals surface area (Å²) in [6.07, 6.45) is 8.24. The van der Waals surface area contributed by atoms with E-state index in [0.29, 0.717) is 36.3 Å². The van der Waals surface area contributed by atoms with Crippen LogP contribution in [0, 0.1) is 0 Å². The predicted octanol–water partition coefficient (Wildman–Crippen LogP) is 0.599. The molecular formula is C22H27N7O4. The number of nitrogen functional groups attached to an aromatic ring is 1. The Morgan fingerprint density at radius 2 is 1.88 bits per heavy atom. The predicted molar refractivity (Wildman–Crippen MR) is 118 cm³/mol. The van der Waals surface area contributed by atoms with E-state index in [1.807, 2.05) is 11.1 Å². The van der Waals surface area contributed by atoms with Crippen LogP contribution in [0.1, 0.15) is 54.6 Å². The van der Waals surface area contributed by atoms with Crippen LogP contribution >= 0.6 is 0 Å². The second kappa shape index (κ2) is 8.23. The van der Waals surface area contributed by atoms with Crippen molar-refractivity contribution in [3.63, 3.8) is 0 Å². The maximum absolute atomic E-state index is 12.6. The standard InChI is InChI=1S/C22H27N7O4/c1-12(32)19-20(13-6-15-2-3-16(7-13)28(15)18(33)11-31)26-22-17(9-25-29(22)21(19)23)14-8-24-27(10-14)4-5-30/h8-10,13,15-16,30-31H,2-7,11,23H2,1H3. The van der Waals surface area contributed by atoms with Crippen molar-refractivity contribution >= 4 is 23.2 Å². The molecule has 2 saturated heterocycles. The van der Waals surface area contributed by atoms with Gasteiger partial charge in [-0.1, -0.05) is 0 Å². The van der Waals surface area contributed by atoms with E-state index >= 15 is 0 Å². The molecule has 2 fully saturated rings. The Morgan fingerprint density at radius 1 is 1.15 bits per heavy atom. The highest BCUT2D eigenvalue weighted by Gasteiger charge is 2.44. The van der Waals surface area contributed by atoms with Crippen LogP contribution in [0.5, 0.6) is 0 Å². The third-order valence-electron chi connectivity index (χ3n) is 6.88. The Kier molecular flexibility index (Phi) is 5.37. The molecule has 0 saturated carbocycles. The van der Waals surface area contributed by atoms with Crippen LogP contribution in [-0.2, 0) is 11.3 Å². The van der Waals surface area contributed by atoms with Gasteiger partial charge in [-0.15, -0.1) is 0 Å². The van der Waals surface area contributed by atoms with Gasteiger partial charge in [-0.2, -0.15) is 14.7 Å². The number of aliphatic hydroxyl groups excluding tert-OH is 2. The Labute approximate surface area is 189 Å². The lowest BCUT2D eigenvalue weighted by Crippen LogP contribution is -2.47. The molecule has 11 heteroatoms. The van der Waals surface area contributed by atoms with E-state index in [1.165, 1.54) is 11.4 Å². The van der Waals surface area contributed by atoms with Crippen molar-refractivity contribution in [2.24, 2.45) is 0 Å². The third kappa shape index (κ3) is 3.47. The topological polar surface area (TPSA) is 152 Å². The molecule has 2 aliphatic heterocycles. The molecule has 11 nitrogen and oxygen atoms in total. The summed E-state index contributed by atoms with van der Waals surface area (Å²) < 4.78 is 3.12. The number of nitrogens with two attached hydrogens (primary N) is 1. The van der Waals surface area contributed by atoms with E-state index in [4.69, 9.17) is 10.7 Å². The smallest absolute Gasteiger partial charge is 0.248 e. The van der Waals surface area contributed by atoms with Gasteiger partial charge >= 0.3 is 0 Å². The quantitative estimate of drug-likeness (QED) is 0.459. The van der Waals surface area contributed by atoms with E-state index in [-0.39, 0.29) is 42.1 Å². The van der Waals surface area contributed by atoms with Crippen LogP contribution in [0.15, 0.2) is 18.6 Å². The van der Waals surface area contributed by atoms with Crippen LogP contribution in [-0.4, -0.2) is 76.5 Å². The summed E-state index contributed by atoms with van der Waals surface area (Å²) in [5.41, 5.74) is 9.52. The first-order valence-electron chi connectivity index (χ1n) is 11.2. The number of piperidine rings is 1. The molecule has 5 heterocycles. The van der Waals surface area contributed by atoms with Crippen molar-refractivity contribution in [3.8, 4) is 11.1 Å². The van der Waals surface area contributed by atoms with Gasteiger partial charge in [0.25, 0.3) is 0 Å². The van der Waals surface area contributed by atoms with E-state index in [1.54, 1.807) is 17.1 Å². The highest BCUT2D eigenvalue weighted by molar-refractivity contribution is 6.00. The second-order valence-corrected chi connectivity index (χ2v) is 8.84. The molecule has 3 aromatic heterocycles. The number of aliphatic hydroxyl groups is 2. The van der Waals surface area contributed by atoms with E-state index in [2.05, 4.69) is 10.2 Å². The fourth-order valence-electron chi connectivity index (χ4n) is 5.51. The first kappa shape index (κ1) is 21.5. The second-order valence-electron chi connectivity index (χ2n) is 8.84. The van der Waals surface area contributed by atoms with Gasteiger partial charge in [-0.25, -0.2) is 4.98 Å². The van der Waals surface area contributed by atoms with Gasteiger partial charge in [0.1, 0.15) is 12.4 Å². The first-order valence-corrected chi connectivity index (χ1v) is 11.2. The lowest BCUT2D eigenvalue weighted by atomic mass is 9.85. The van der Waals surface area contributed by atoms with Crippen LogP contribution in [0.2, 0.25) is 0 Å². The molecule has 5 rings (SSSR count). The first-order chi connectivity index (χ1) is 15.9. The summed E-state index contributed by atoms with van der Waals surface area (Å²) in [5.74, 6) is -0.200. The molecule has 2 aliphatic rings. The van der Waals surface area contributed by atoms with E-state index in [0.717, 1.165) is 24.0 Å². The van der Waals surface area contributed by atoms with Gasteiger partial charge < -0.3 is 20.8 Å². The lowest BCUT2D eigenvalue weighted by Gasteiger charge is -2.39. The molecule has 1 amide bonds. The number of aromatic nitrogens is 5. The highest BCUT2D eigenvalue weighted by Crippen LogP contribution is 2.44. The van der Waals surface area contributed by atoms with Gasteiger partial charge in [0, 0.05) is 35.3 Å². The summed E-state index contributed by atoms with van der Waals surface area (Å²) in [6, 6.07) is 0.0436. The number of fused-ring (bicyclic) bond motifs is 3. The van der Waals surface area contributed by atoms with Gasteiger partial charge in [0.15, 0.2) is 11.4 Å². The average Bonchev–Trinajstić information content (AvgIpc) is 3.49. The Balaban J connectivity index is 1.59. The van der Waals surface area contributed by atoms with Crippen LogP contribution < -0.4 is 5.73 Å². The van der Waals surface area contributed by atoms with Crippen molar-refractivity contribution in [1.82, 2.24) is 29.3 Å². The lowest BCUT2D eigenvalue weighted by molar-refractivity contribution is -0.138. The molecule has 33 heavy (non-hydrogen) atoms. The van der Waals surface area contributed by atoms with Crippen LogP contribution in [0.25, 0.3) is 16.8 Å². The van der Waals surface area contributed by atoms with Gasteiger partial charge in [-0.05, 0) is 32.6 Å². The summed E-state index contributed by atoms with van der Waals surface area (Å²) >= 11 is 0. The maximum atomic E-state index is 12.6. The molecule has 2 atom stereocenters. The fourth-order valence-corrected chi connectivity index (χ4v) is 5.51. The van der Waals surface area contributed by atoms with Crippen molar-refractivity contribution in [2.45, 2.75) is 57.2 Å². The number of rotatable bonds is 6. The van der Waals surface area contributed by atoms with Crippen LogP contribution in [0.4, 0.5) is 5.82 Å². The number of Topliss-reactive ketones (excluding diaryl/α,β-unsaturated/α-hetero) is 1. The molecule has 0 aromatic carbocycles. The number of nitrogens with zero attached hydrogens (tertiary/aromatic N) is 6. The molecule has 2 bridgehead atoms. The van der Waals surface area contributed by atoms with Crippen LogP contribution in [0.3, 0.4) is 0 Å². The molecule has 2 unspecified atom stereocenters. The van der Waals surface area contributed by atoms with Crippen molar-refractivity contribution in [3.05, 3.63) is 29.8 Å². The number of hydrogen-bond acceptors (Lipinski definition) is 8. The number of anilines is 1. The van der Waals surface area contributed by atoms with Crippen molar-refractivity contribution in [2.75, 3.05) is 18.9 Å². The number of carbonyl (C=O) groups is 2. The summed E-state index contributed by atoms with van der Waals surface area (Å²) in [4.78, 5) is 31.6. The zero-order chi connectivity index (χ0) is 23.3. The minimum atomic E-state index is -0.489. The van der Waals surface area contributed by atoms with Gasteiger partial charge in [0.05, 0.1) is 36.8 Å². The van der Waals surface area contributed by atoms with Gasteiger partial charge in [-0.3, -0.25) is 14.3 Å². The summed E-state index contributed by atoms with van der Waals surface area (Å²) in [5, 5.41) is 27.2. The monoisotopic (exact) mass is 453 g/mol. The average molecular weight is 454 g/mol. The fraction of sp³-hybridized carbons (Fsp3) is 0.500. The molecule has 174 valence electrons. The Hall–Kier alpha value is -3.31. The largest absolute Gasteiger partial charge is 0.394 e. The minimum absolute atomic E-state index is 0.0208. The normalized spacial score (nSPS) is 22.3. The van der Waals surface area contributed by atoms with Gasteiger partial charge in [0.2, 0.25) is 5.91 Å². The van der Waals surface area contributed by atoms with E-state index in [9.17, 15) is 19.8 Å². The summed E-state index contributed by atoms with van der Waals surface area (Å²) in [6.45, 7) is 1.34. The maximum Gasteiger partial charge on any atom is 0.248 e. The zero-order valence-electron chi connectivity index (χ0n) is 18.4. The number of carbonyl (C=O) groups excluding carboxylic acids is 2. The number of hydrogen-bond donors (Lipinski definition) is 3. The minimum Gasteiger partial charge on any atom is -0.394 e. The number of amides is 1. The molecule has 4 N–H and O–H groups in total. The Bertz CT molecular complexity index is 1220. The summed E-state index contributed by atoms with van der Waals surface area (Å²) in [7, 11) is 0. The van der Waals surface area contributed by atoms with Crippen molar-refractivity contribution < 1.29 is 19.8 Å². The third-order valence-corrected chi connectivity index (χ3v) is 6.88. The number of ketones is 1. The molecule has 0 spiro atoms. The molecular weight excluding hydrogens is 426 g/mol. The zero-order valence-corrected chi connectivity index (χ0v) is 18.4.